The number of nitrogens with zero attached hydrogens (tertiary/aromatic N) is 3. The van der Waals surface area contributed by atoms with Gasteiger partial charge in [0.15, 0.2) is 5.96 Å². The topological polar surface area (TPSA) is 95.9 Å². The summed E-state index contributed by atoms with van der Waals surface area (Å²) in [5, 5.41) is 6.49. The SMILES string of the molecule is CN=C(NCCN1C(=O)C2C3C=CC(C3)C2C1=O)NCc1ccnc(OC2CCCC2)c1. The first-order chi connectivity index (χ1) is 15.6. The summed E-state index contributed by atoms with van der Waals surface area (Å²) in [5.41, 5.74) is 1.05. The molecular weight excluding hydrogens is 406 g/mol. The maximum absolute atomic E-state index is 12.8. The number of likely N-dealkylation sites (tertiary alicyclic amines) is 1. The van der Waals surface area contributed by atoms with Gasteiger partial charge in [-0.3, -0.25) is 19.5 Å². The van der Waals surface area contributed by atoms with E-state index in [1.807, 2.05) is 12.1 Å². The number of carbonyl (C=O) groups excluding carboxylic acids is 2. The highest BCUT2D eigenvalue weighted by molar-refractivity contribution is 6.06. The molecule has 32 heavy (non-hydrogen) atoms. The Hall–Kier alpha value is -2.90. The van der Waals surface area contributed by atoms with Gasteiger partial charge in [-0.2, -0.15) is 0 Å². The Bertz CT molecular complexity index is 909. The number of guanidine groups is 1. The van der Waals surface area contributed by atoms with Crippen LogP contribution in [0.15, 0.2) is 35.5 Å². The Morgan fingerprint density at radius 3 is 2.56 bits per heavy atom. The van der Waals surface area contributed by atoms with Crippen molar-refractivity contribution in [2.45, 2.75) is 44.8 Å². The normalized spacial score (nSPS) is 29.2. The van der Waals surface area contributed by atoms with Crippen LogP contribution >= 0.6 is 0 Å². The van der Waals surface area contributed by atoms with Gasteiger partial charge in [-0.1, -0.05) is 12.2 Å². The Morgan fingerprint density at radius 2 is 1.88 bits per heavy atom. The standard InChI is InChI=1S/C24H31N5O3/c1-25-24(28-14-15-8-9-26-19(12-15)32-18-4-2-3-5-18)27-10-11-29-22(30)20-16-6-7-17(13-16)21(20)23(29)31/h6-9,12,16-18,20-21H,2-5,10-11,13-14H2,1H3,(H2,25,27,28). The van der Waals surface area contributed by atoms with Crippen LogP contribution in [0.25, 0.3) is 0 Å². The average Bonchev–Trinajstić information content (AvgIpc) is 3.58. The minimum absolute atomic E-state index is 0.00632. The second kappa shape index (κ2) is 8.92. The van der Waals surface area contributed by atoms with E-state index in [4.69, 9.17) is 4.74 Å². The first kappa shape index (κ1) is 21.0. The monoisotopic (exact) mass is 437 g/mol. The lowest BCUT2D eigenvalue weighted by molar-refractivity contribution is -0.140. The van der Waals surface area contributed by atoms with Gasteiger partial charge >= 0.3 is 0 Å². The quantitative estimate of drug-likeness (QED) is 0.293. The summed E-state index contributed by atoms with van der Waals surface area (Å²) >= 11 is 0. The number of aliphatic imine (C=N–C) groups is 1. The van der Waals surface area contributed by atoms with E-state index in [1.165, 1.54) is 17.7 Å². The summed E-state index contributed by atoms with van der Waals surface area (Å²) in [7, 11) is 1.70. The molecule has 2 bridgehead atoms. The Labute approximate surface area is 188 Å². The summed E-state index contributed by atoms with van der Waals surface area (Å²) in [6.07, 6.45) is 11.9. The van der Waals surface area contributed by atoms with Gasteiger partial charge in [0.1, 0.15) is 6.10 Å². The molecule has 8 heteroatoms. The lowest BCUT2D eigenvalue weighted by atomic mass is 9.85. The maximum atomic E-state index is 12.8. The number of aromatic nitrogens is 1. The third-order valence-electron chi connectivity index (χ3n) is 7.26. The summed E-state index contributed by atoms with van der Waals surface area (Å²) in [6.45, 7) is 1.40. The molecule has 3 aliphatic carbocycles. The fourth-order valence-corrected chi connectivity index (χ4v) is 5.68. The molecule has 3 fully saturated rings. The van der Waals surface area contributed by atoms with Crippen LogP contribution < -0.4 is 15.4 Å². The zero-order valence-electron chi connectivity index (χ0n) is 18.5. The second-order valence-corrected chi connectivity index (χ2v) is 9.21. The third kappa shape index (κ3) is 3.98. The molecule has 1 saturated heterocycles. The van der Waals surface area contributed by atoms with Gasteiger partial charge in [0.2, 0.25) is 17.7 Å². The van der Waals surface area contributed by atoms with Gasteiger partial charge in [-0.05, 0) is 55.6 Å². The summed E-state index contributed by atoms with van der Waals surface area (Å²) in [4.78, 5) is 35.6. The minimum Gasteiger partial charge on any atom is -0.474 e. The number of ether oxygens (including phenoxy) is 1. The smallest absolute Gasteiger partial charge is 0.233 e. The van der Waals surface area contributed by atoms with Gasteiger partial charge in [0.25, 0.3) is 0 Å². The van der Waals surface area contributed by atoms with Crippen LogP contribution in [0.2, 0.25) is 0 Å². The summed E-state index contributed by atoms with van der Waals surface area (Å²) in [6, 6.07) is 3.91. The number of hydrogen-bond acceptors (Lipinski definition) is 5. The molecule has 4 unspecified atom stereocenters. The van der Waals surface area contributed by atoms with Gasteiger partial charge < -0.3 is 15.4 Å². The van der Waals surface area contributed by atoms with Crippen molar-refractivity contribution in [3.63, 3.8) is 0 Å². The van der Waals surface area contributed by atoms with Crippen LogP contribution in [0.3, 0.4) is 0 Å². The second-order valence-electron chi connectivity index (χ2n) is 9.21. The Morgan fingerprint density at radius 1 is 1.16 bits per heavy atom. The molecular formula is C24H31N5O3. The number of rotatable bonds is 7. The molecule has 0 spiro atoms. The predicted molar refractivity (Wildman–Crippen MR) is 120 cm³/mol. The van der Waals surface area contributed by atoms with Crippen molar-refractivity contribution in [3.05, 3.63) is 36.0 Å². The predicted octanol–water partition coefficient (Wildman–Crippen LogP) is 1.88. The molecule has 4 aliphatic rings. The van der Waals surface area contributed by atoms with E-state index in [1.54, 1.807) is 13.2 Å². The Kier molecular flexibility index (Phi) is 5.85. The number of carbonyl (C=O) groups is 2. The number of pyridine rings is 1. The maximum Gasteiger partial charge on any atom is 0.233 e. The van der Waals surface area contributed by atoms with Gasteiger partial charge in [0.05, 0.1) is 11.8 Å². The minimum atomic E-state index is -0.137. The molecule has 1 aromatic heterocycles. The number of imide groups is 1. The number of hydrogen-bond donors (Lipinski definition) is 2. The molecule has 4 atom stereocenters. The lowest BCUT2D eigenvalue weighted by Crippen LogP contribution is -2.43. The van der Waals surface area contributed by atoms with Crippen molar-refractivity contribution < 1.29 is 14.3 Å². The lowest BCUT2D eigenvalue weighted by Gasteiger charge is -2.19. The van der Waals surface area contributed by atoms with Crippen LogP contribution in [-0.4, -0.2) is 53.9 Å². The number of allylic oxidation sites excluding steroid dienone is 2. The van der Waals surface area contributed by atoms with Crippen LogP contribution in [0.4, 0.5) is 0 Å². The molecule has 170 valence electrons. The number of nitrogens with one attached hydrogen (secondary N) is 2. The fourth-order valence-electron chi connectivity index (χ4n) is 5.68. The summed E-state index contributed by atoms with van der Waals surface area (Å²) < 4.78 is 5.98. The van der Waals surface area contributed by atoms with E-state index in [0.29, 0.717) is 31.5 Å². The molecule has 2 saturated carbocycles. The van der Waals surface area contributed by atoms with Gasteiger partial charge in [0, 0.05) is 38.9 Å². The highest BCUT2D eigenvalue weighted by atomic mass is 16.5. The van der Waals surface area contributed by atoms with Gasteiger partial charge in [-0.25, -0.2) is 4.98 Å². The van der Waals surface area contributed by atoms with Crippen molar-refractivity contribution in [1.82, 2.24) is 20.5 Å². The van der Waals surface area contributed by atoms with Crippen molar-refractivity contribution in [2.24, 2.45) is 28.7 Å². The molecule has 2 N–H and O–H groups in total. The molecule has 8 nitrogen and oxygen atoms in total. The Balaban J connectivity index is 1.09. The molecule has 5 rings (SSSR count). The van der Waals surface area contributed by atoms with Crippen molar-refractivity contribution >= 4 is 17.8 Å². The molecule has 2 heterocycles. The highest BCUT2D eigenvalue weighted by Gasteiger charge is 2.58. The highest BCUT2D eigenvalue weighted by Crippen LogP contribution is 2.52. The zero-order valence-corrected chi connectivity index (χ0v) is 18.5. The fraction of sp³-hybridized carbons (Fsp3) is 0.583. The van der Waals surface area contributed by atoms with Gasteiger partial charge in [-0.15, -0.1) is 0 Å². The van der Waals surface area contributed by atoms with Crippen LogP contribution in [-0.2, 0) is 16.1 Å². The van der Waals surface area contributed by atoms with Crippen molar-refractivity contribution in [3.8, 4) is 5.88 Å². The van der Waals surface area contributed by atoms with E-state index in [9.17, 15) is 9.59 Å². The van der Waals surface area contributed by atoms with E-state index in [-0.39, 0.29) is 41.6 Å². The van der Waals surface area contributed by atoms with Crippen LogP contribution in [0.5, 0.6) is 5.88 Å². The largest absolute Gasteiger partial charge is 0.474 e. The molecule has 0 radical (unpaired) electrons. The molecule has 0 aromatic carbocycles. The average molecular weight is 438 g/mol. The van der Waals surface area contributed by atoms with Crippen LogP contribution in [0, 0.1) is 23.7 Å². The van der Waals surface area contributed by atoms with E-state index < -0.39 is 0 Å². The number of amides is 2. The molecule has 2 amide bonds. The van der Waals surface area contributed by atoms with E-state index in [2.05, 4.69) is 32.8 Å². The van der Waals surface area contributed by atoms with Crippen LogP contribution in [0.1, 0.15) is 37.7 Å². The molecule has 1 aliphatic heterocycles. The van der Waals surface area contributed by atoms with E-state index in [0.717, 1.165) is 24.8 Å². The first-order valence-electron chi connectivity index (χ1n) is 11.7. The van der Waals surface area contributed by atoms with E-state index >= 15 is 0 Å². The molecule has 1 aromatic rings. The summed E-state index contributed by atoms with van der Waals surface area (Å²) in [5.74, 6) is 1.50. The third-order valence-corrected chi connectivity index (χ3v) is 7.26. The van der Waals surface area contributed by atoms with Crippen molar-refractivity contribution in [2.75, 3.05) is 20.1 Å². The van der Waals surface area contributed by atoms with Crippen molar-refractivity contribution in [1.29, 1.82) is 0 Å². The zero-order chi connectivity index (χ0) is 22.1. The first-order valence-corrected chi connectivity index (χ1v) is 11.7. The number of fused-ring (bicyclic) bond motifs is 5.